The van der Waals surface area contributed by atoms with Gasteiger partial charge < -0.3 is 25.4 Å². The largest absolute Gasteiger partial charge is 0.444 e. The zero-order valence-corrected chi connectivity index (χ0v) is 28.0. The third kappa shape index (κ3) is 9.32. The van der Waals surface area contributed by atoms with Gasteiger partial charge in [0, 0.05) is 32.1 Å². The van der Waals surface area contributed by atoms with E-state index in [1.54, 1.807) is 35.2 Å². The number of amides is 3. The molecule has 5 rings (SSSR count). The predicted molar refractivity (Wildman–Crippen MR) is 172 cm³/mol. The lowest BCUT2D eigenvalue weighted by Crippen LogP contribution is -2.73. The molecule has 0 spiro atoms. The number of carbonyl (C=O) groups is 3. The van der Waals surface area contributed by atoms with Crippen molar-refractivity contribution < 1.29 is 50.6 Å². The number of ether oxygens (including phenoxy) is 1. The molecule has 3 fully saturated rings. The van der Waals surface area contributed by atoms with Crippen molar-refractivity contribution in [2.24, 2.45) is 5.73 Å². The number of aliphatic hydroxyl groups excluding tert-OH is 1. The highest BCUT2D eigenvalue weighted by molar-refractivity contribution is 5.91. The minimum absolute atomic E-state index is 0.00179. The van der Waals surface area contributed by atoms with Crippen molar-refractivity contribution in [3.8, 4) is 0 Å². The maximum absolute atomic E-state index is 14.0. The molecule has 3 N–H and O–H groups in total. The molecule has 2 aromatic carbocycles. The Morgan fingerprint density at radius 1 is 0.922 bits per heavy atom. The van der Waals surface area contributed by atoms with E-state index in [1.165, 1.54) is 9.80 Å². The second kappa shape index (κ2) is 16.2. The van der Waals surface area contributed by atoms with Gasteiger partial charge in [-0.2, -0.15) is 26.3 Å². The second-order valence-electron chi connectivity index (χ2n) is 13.3. The van der Waals surface area contributed by atoms with Crippen molar-refractivity contribution in [2.75, 3.05) is 32.7 Å². The van der Waals surface area contributed by atoms with Gasteiger partial charge in [-0.05, 0) is 80.8 Å². The van der Waals surface area contributed by atoms with Gasteiger partial charge in [-0.1, -0.05) is 30.3 Å². The van der Waals surface area contributed by atoms with Crippen molar-refractivity contribution in [1.82, 2.24) is 19.6 Å². The van der Waals surface area contributed by atoms with Crippen LogP contribution in [0.2, 0.25) is 0 Å². The first kappa shape index (κ1) is 38.3. The van der Waals surface area contributed by atoms with Crippen LogP contribution in [0.15, 0.2) is 48.5 Å². The highest BCUT2D eigenvalue weighted by Crippen LogP contribution is 2.37. The molecule has 2 aromatic rings. The van der Waals surface area contributed by atoms with Crippen molar-refractivity contribution in [2.45, 2.75) is 94.8 Å². The van der Waals surface area contributed by atoms with Gasteiger partial charge in [0.05, 0.1) is 17.7 Å². The summed E-state index contributed by atoms with van der Waals surface area (Å²) >= 11 is 0. The number of likely N-dealkylation sites (tertiary alicyclic amines) is 1. The Morgan fingerprint density at radius 2 is 1.61 bits per heavy atom. The predicted octanol–water partition coefficient (Wildman–Crippen LogP) is 4.98. The molecule has 0 bridgehead atoms. The van der Waals surface area contributed by atoms with Gasteiger partial charge in [-0.15, -0.1) is 0 Å². The standard InChI is InChI=1S/C35H43F6N5O5/c36-34(37,38)25-16-24(17-26(19-25)35(39,40)41)22-51-33(50)45-27(18-23-8-2-1-3-9-23)20-31(48)46-28(10-4-5-12-42)32(49)44(21-29(45)46)15-7-14-43-13-6-11-30(43)47/h1-3,8-9,16-17,19,27-30,47H,4-7,10-15,18,20-22,42H2/t27?,28-,29?,30?/m0/s1. The number of hydrogen-bond acceptors (Lipinski definition) is 7. The van der Waals surface area contributed by atoms with E-state index in [1.807, 2.05) is 4.90 Å². The molecule has 10 nitrogen and oxygen atoms in total. The SMILES string of the molecule is NCCCC[C@H]1C(=O)N(CCCN2CCCC2O)CC2N(C(=O)OCc3cc(C(F)(F)F)cc(C(F)(F)F)c3)C(Cc3ccccc3)CC(=O)N21. The van der Waals surface area contributed by atoms with Crippen LogP contribution in [0.5, 0.6) is 0 Å². The lowest BCUT2D eigenvalue weighted by atomic mass is 9.93. The first-order chi connectivity index (χ1) is 24.2. The zero-order valence-electron chi connectivity index (χ0n) is 28.0. The first-order valence-corrected chi connectivity index (χ1v) is 17.2. The lowest BCUT2D eigenvalue weighted by Gasteiger charge is -2.54. The fourth-order valence-electron chi connectivity index (χ4n) is 7.25. The fraction of sp³-hybridized carbons (Fsp3) is 0.571. The van der Waals surface area contributed by atoms with E-state index in [9.17, 15) is 45.8 Å². The number of fused-ring (bicyclic) bond motifs is 1. The van der Waals surface area contributed by atoms with E-state index in [-0.39, 0.29) is 50.2 Å². The Bertz CT molecular complexity index is 1490. The molecule has 3 unspecified atom stereocenters. The van der Waals surface area contributed by atoms with Gasteiger partial charge in [0.1, 0.15) is 25.0 Å². The zero-order chi connectivity index (χ0) is 36.9. The number of unbranched alkanes of at least 4 members (excludes halogenated alkanes) is 1. The maximum atomic E-state index is 14.0. The minimum Gasteiger partial charge on any atom is -0.444 e. The Morgan fingerprint density at radius 3 is 2.22 bits per heavy atom. The summed E-state index contributed by atoms with van der Waals surface area (Å²) in [6.45, 7) is 0.896. The van der Waals surface area contributed by atoms with Gasteiger partial charge in [0.2, 0.25) is 11.8 Å². The van der Waals surface area contributed by atoms with Crippen LogP contribution in [0.4, 0.5) is 31.1 Å². The normalized spacial score (nSPS) is 23.2. The van der Waals surface area contributed by atoms with Gasteiger partial charge >= 0.3 is 18.4 Å². The molecular formula is C35H43F6N5O5. The van der Waals surface area contributed by atoms with E-state index in [0.717, 1.165) is 18.5 Å². The molecule has 3 aliphatic heterocycles. The van der Waals surface area contributed by atoms with Gasteiger partial charge in [0.15, 0.2) is 0 Å². The summed E-state index contributed by atoms with van der Waals surface area (Å²) in [6.07, 6.45) is -9.38. The number of hydrogen-bond donors (Lipinski definition) is 2. The van der Waals surface area contributed by atoms with E-state index in [0.29, 0.717) is 50.9 Å². The van der Waals surface area contributed by atoms with Crippen LogP contribution in [0.3, 0.4) is 0 Å². The second-order valence-corrected chi connectivity index (χ2v) is 13.3. The molecule has 0 saturated carbocycles. The van der Waals surface area contributed by atoms with Gasteiger partial charge in [-0.25, -0.2) is 4.79 Å². The van der Waals surface area contributed by atoms with Crippen LogP contribution in [0, 0.1) is 0 Å². The molecule has 3 saturated heterocycles. The molecule has 3 amide bonds. The van der Waals surface area contributed by atoms with Crippen molar-refractivity contribution in [3.05, 3.63) is 70.8 Å². The quantitative estimate of drug-likeness (QED) is 0.234. The van der Waals surface area contributed by atoms with Crippen LogP contribution in [0.1, 0.15) is 67.2 Å². The fourth-order valence-corrected chi connectivity index (χ4v) is 7.25. The maximum Gasteiger partial charge on any atom is 0.416 e. The number of aliphatic hydroxyl groups is 1. The molecule has 0 aromatic heterocycles. The smallest absolute Gasteiger partial charge is 0.416 e. The van der Waals surface area contributed by atoms with Crippen LogP contribution >= 0.6 is 0 Å². The number of benzene rings is 2. The van der Waals surface area contributed by atoms with Crippen LogP contribution in [0.25, 0.3) is 0 Å². The Balaban J connectivity index is 1.45. The topological polar surface area (TPSA) is 120 Å². The molecule has 16 heteroatoms. The molecular weight excluding hydrogens is 684 g/mol. The van der Waals surface area contributed by atoms with E-state index < -0.39 is 66.2 Å². The number of rotatable bonds is 12. The molecule has 3 heterocycles. The molecule has 0 radical (unpaired) electrons. The number of nitrogens with zero attached hydrogens (tertiary/aromatic N) is 4. The van der Waals surface area contributed by atoms with E-state index in [4.69, 9.17) is 10.5 Å². The van der Waals surface area contributed by atoms with Crippen molar-refractivity contribution in [1.29, 1.82) is 0 Å². The number of piperazine rings is 1. The highest BCUT2D eigenvalue weighted by atomic mass is 19.4. The van der Waals surface area contributed by atoms with Crippen LogP contribution in [-0.2, 0) is 39.7 Å². The lowest BCUT2D eigenvalue weighted by molar-refractivity contribution is -0.172. The van der Waals surface area contributed by atoms with Crippen LogP contribution < -0.4 is 5.73 Å². The average molecular weight is 728 g/mol. The number of halogens is 6. The monoisotopic (exact) mass is 727 g/mol. The van der Waals surface area contributed by atoms with Crippen molar-refractivity contribution in [3.63, 3.8) is 0 Å². The molecule has 51 heavy (non-hydrogen) atoms. The summed E-state index contributed by atoms with van der Waals surface area (Å²) in [7, 11) is 0. The summed E-state index contributed by atoms with van der Waals surface area (Å²) in [4.78, 5) is 48.0. The first-order valence-electron chi connectivity index (χ1n) is 17.2. The van der Waals surface area contributed by atoms with E-state index >= 15 is 0 Å². The van der Waals surface area contributed by atoms with Crippen molar-refractivity contribution >= 4 is 17.9 Å². The summed E-state index contributed by atoms with van der Waals surface area (Å²) < 4.78 is 86.7. The Labute approximate surface area is 292 Å². The minimum atomic E-state index is -5.08. The summed E-state index contributed by atoms with van der Waals surface area (Å²) in [5.74, 6) is -0.652. The van der Waals surface area contributed by atoms with Gasteiger partial charge in [-0.3, -0.25) is 19.4 Å². The molecule has 0 aliphatic carbocycles. The third-order valence-electron chi connectivity index (χ3n) is 9.72. The van der Waals surface area contributed by atoms with Gasteiger partial charge in [0.25, 0.3) is 0 Å². The number of alkyl halides is 6. The molecule has 4 atom stereocenters. The third-order valence-corrected chi connectivity index (χ3v) is 9.72. The van der Waals surface area contributed by atoms with E-state index in [2.05, 4.69) is 0 Å². The molecule has 3 aliphatic rings. The number of carbonyl (C=O) groups excluding carboxylic acids is 3. The Hall–Kier alpha value is -3.89. The number of nitrogens with two attached hydrogens (primary N) is 1. The average Bonchev–Trinajstić information content (AvgIpc) is 3.48. The van der Waals surface area contributed by atoms with Crippen LogP contribution in [-0.4, -0.2) is 99.8 Å². The Kier molecular flexibility index (Phi) is 12.2. The molecule has 280 valence electrons. The summed E-state index contributed by atoms with van der Waals surface area (Å²) in [5, 5.41) is 10.2. The summed E-state index contributed by atoms with van der Waals surface area (Å²) in [5.41, 5.74) is 2.89. The summed E-state index contributed by atoms with van der Waals surface area (Å²) in [6, 6.07) is 8.26. The highest BCUT2D eigenvalue weighted by Gasteiger charge is 2.52.